The normalized spacial score (nSPS) is 12.0. The van der Waals surface area contributed by atoms with Crippen molar-refractivity contribution >= 4 is 29.1 Å². The Balaban J connectivity index is 2.04. The number of nitrogens with zero attached hydrogens (tertiary/aromatic N) is 3. The van der Waals surface area contributed by atoms with Crippen LogP contribution in [0.25, 0.3) is 0 Å². The van der Waals surface area contributed by atoms with Gasteiger partial charge in [-0.05, 0) is 32.9 Å². The van der Waals surface area contributed by atoms with Crippen LogP contribution < -0.4 is 5.32 Å². The molecule has 7 heteroatoms. The van der Waals surface area contributed by atoms with Gasteiger partial charge in [0.05, 0.1) is 5.25 Å². The van der Waals surface area contributed by atoms with Gasteiger partial charge in [0, 0.05) is 18.3 Å². The van der Waals surface area contributed by atoms with Gasteiger partial charge >= 0.3 is 0 Å². The zero-order chi connectivity index (χ0) is 16.3. The number of amides is 1. The number of anilines is 1. The fourth-order valence-electron chi connectivity index (χ4n) is 1.76. The summed E-state index contributed by atoms with van der Waals surface area (Å²) in [5.74, 6) is 0.615. The SMILES string of the molecule is CC(=O)c1cccc(NC(=O)[C@H](C)Sc2nnc(C)n2C)c1. The number of benzene rings is 1. The van der Waals surface area contributed by atoms with Crippen LogP contribution in [-0.4, -0.2) is 31.7 Å². The molecule has 0 radical (unpaired) electrons. The second-order valence-corrected chi connectivity index (χ2v) is 6.28. The molecule has 2 rings (SSSR count). The molecule has 2 aromatic rings. The molecule has 1 amide bonds. The largest absolute Gasteiger partial charge is 0.325 e. The first-order chi connectivity index (χ1) is 10.4. The molecule has 0 unspecified atom stereocenters. The number of hydrogen-bond donors (Lipinski definition) is 1. The maximum absolute atomic E-state index is 12.2. The van der Waals surface area contributed by atoms with Crippen LogP contribution in [0.5, 0.6) is 0 Å². The molecular formula is C15H18N4O2S. The molecule has 0 fully saturated rings. The van der Waals surface area contributed by atoms with Gasteiger partial charge in [-0.15, -0.1) is 10.2 Å². The molecule has 1 aromatic heterocycles. The molecule has 0 bridgehead atoms. The fourth-order valence-corrected chi connectivity index (χ4v) is 2.62. The van der Waals surface area contributed by atoms with Crippen molar-refractivity contribution in [3.63, 3.8) is 0 Å². The van der Waals surface area contributed by atoms with Crippen LogP contribution in [0.4, 0.5) is 5.69 Å². The summed E-state index contributed by atoms with van der Waals surface area (Å²) in [5, 5.41) is 11.2. The van der Waals surface area contributed by atoms with Crippen LogP contribution in [0.3, 0.4) is 0 Å². The molecule has 1 N–H and O–H groups in total. The Bertz CT molecular complexity index is 711. The van der Waals surface area contributed by atoms with Crippen molar-refractivity contribution in [1.29, 1.82) is 0 Å². The smallest absolute Gasteiger partial charge is 0.237 e. The standard InChI is InChI=1S/C15H18N4O2S/c1-9(20)12-6-5-7-13(8-12)16-14(21)10(2)22-15-18-17-11(3)19(15)4/h5-8,10H,1-4H3,(H,16,21)/t10-/m0/s1. The lowest BCUT2D eigenvalue weighted by molar-refractivity contribution is -0.115. The summed E-state index contributed by atoms with van der Waals surface area (Å²) < 4.78 is 1.84. The first-order valence-corrected chi connectivity index (χ1v) is 7.71. The Morgan fingerprint density at radius 3 is 2.64 bits per heavy atom. The summed E-state index contributed by atoms with van der Waals surface area (Å²) in [4.78, 5) is 23.6. The van der Waals surface area contributed by atoms with Crippen molar-refractivity contribution in [2.75, 3.05) is 5.32 Å². The lowest BCUT2D eigenvalue weighted by Gasteiger charge is -2.12. The number of thioether (sulfide) groups is 1. The Morgan fingerprint density at radius 2 is 2.05 bits per heavy atom. The molecule has 1 heterocycles. The molecule has 1 atom stereocenters. The highest BCUT2D eigenvalue weighted by Gasteiger charge is 2.18. The third-order valence-electron chi connectivity index (χ3n) is 3.24. The number of nitrogens with one attached hydrogen (secondary N) is 1. The summed E-state index contributed by atoms with van der Waals surface area (Å²) in [5.41, 5.74) is 1.18. The molecule has 116 valence electrons. The van der Waals surface area contributed by atoms with Crippen LogP contribution in [0.2, 0.25) is 0 Å². The van der Waals surface area contributed by atoms with Crippen LogP contribution in [0.1, 0.15) is 30.0 Å². The van der Waals surface area contributed by atoms with Gasteiger partial charge in [-0.1, -0.05) is 23.9 Å². The molecule has 0 saturated carbocycles. The molecule has 0 aliphatic heterocycles. The number of rotatable bonds is 5. The zero-order valence-corrected chi connectivity index (χ0v) is 13.8. The van der Waals surface area contributed by atoms with E-state index in [1.54, 1.807) is 31.2 Å². The minimum absolute atomic E-state index is 0.0342. The highest BCUT2D eigenvalue weighted by atomic mass is 32.2. The minimum Gasteiger partial charge on any atom is -0.325 e. The highest BCUT2D eigenvalue weighted by molar-refractivity contribution is 8.00. The van der Waals surface area contributed by atoms with Gasteiger partial charge in [0.2, 0.25) is 5.91 Å². The number of hydrogen-bond acceptors (Lipinski definition) is 5. The number of carbonyl (C=O) groups is 2. The average molecular weight is 318 g/mol. The van der Waals surface area contributed by atoms with Crippen molar-refractivity contribution in [2.45, 2.75) is 31.2 Å². The minimum atomic E-state index is -0.330. The first kappa shape index (κ1) is 16.2. The quantitative estimate of drug-likeness (QED) is 0.677. The van der Waals surface area contributed by atoms with E-state index in [2.05, 4.69) is 15.5 Å². The van der Waals surface area contributed by atoms with Gasteiger partial charge in [0.25, 0.3) is 0 Å². The van der Waals surface area contributed by atoms with E-state index in [-0.39, 0.29) is 16.9 Å². The first-order valence-electron chi connectivity index (χ1n) is 6.83. The Hall–Kier alpha value is -2.15. The molecule has 0 saturated heterocycles. The Morgan fingerprint density at radius 1 is 1.32 bits per heavy atom. The van der Waals surface area contributed by atoms with Gasteiger partial charge in [-0.2, -0.15) is 0 Å². The lowest BCUT2D eigenvalue weighted by Crippen LogP contribution is -2.23. The van der Waals surface area contributed by atoms with Crippen molar-refractivity contribution in [2.24, 2.45) is 7.05 Å². The fraction of sp³-hybridized carbons (Fsp3) is 0.333. The summed E-state index contributed by atoms with van der Waals surface area (Å²) >= 11 is 1.34. The molecule has 0 spiro atoms. The summed E-state index contributed by atoms with van der Waals surface area (Å²) in [6, 6.07) is 6.90. The van der Waals surface area contributed by atoms with E-state index >= 15 is 0 Å². The number of aromatic nitrogens is 3. The van der Waals surface area contributed by atoms with Gasteiger partial charge in [0.15, 0.2) is 10.9 Å². The Kier molecular flexibility index (Phi) is 4.97. The molecule has 0 aliphatic rings. The lowest BCUT2D eigenvalue weighted by atomic mass is 10.1. The van der Waals surface area contributed by atoms with Crippen LogP contribution in [0.15, 0.2) is 29.4 Å². The number of Topliss-reactive ketones (excluding diaryl/α,β-unsaturated/α-hetero) is 1. The molecule has 1 aromatic carbocycles. The third kappa shape index (κ3) is 3.73. The van der Waals surface area contributed by atoms with Crippen molar-refractivity contribution in [3.05, 3.63) is 35.7 Å². The van der Waals surface area contributed by atoms with Crippen molar-refractivity contribution < 1.29 is 9.59 Å². The maximum atomic E-state index is 12.2. The van der Waals surface area contributed by atoms with Gasteiger partial charge in [-0.25, -0.2) is 0 Å². The van der Waals surface area contributed by atoms with E-state index in [0.717, 1.165) is 5.82 Å². The van der Waals surface area contributed by atoms with E-state index in [4.69, 9.17) is 0 Å². The van der Waals surface area contributed by atoms with Gasteiger partial charge in [0.1, 0.15) is 5.82 Å². The topological polar surface area (TPSA) is 76.9 Å². The van der Waals surface area contributed by atoms with Crippen LogP contribution in [-0.2, 0) is 11.8 Å². The third-order valence-corrected chi connectivity index (χ3v) is 4.37. The number of ketones is 1. The molecule has 22 heavy (non-hydrogen) atoms. The molecule has 6 nitrogen and oxygen atoms in total. The molecule has 0 aliphatic carbocycles. The second-order valence-electron chi connectivity index (χ2n) is 4.98. The van der Waals surface area contributed by atoms with E-state index in [9.17, 15) is 9.59 Å². The summed E-state index contributed by atoms with van der Waals surface area (Å²) in [6.07, 6.45) is 0. The predicted molar refractivity (Wildman–Crippen MR) is 86.1 cm³/mol. The van der Waals surface area contributed by atoms with Gasteiger partial charge < -0.3 is 9.88 Å². The van der Waals surface area contributed by atoms with Crippen LogP contribution in [0, 0.1) is 6.92 Å². The van der Waals surface area contributed by atoms with Gasteiger partial charge in [-0.3, -0.25) is 9.59 Å². The Labute approximate surface area is 133 Å². The number of aryl methyl sites for hydroxylation is 1. The number of carbonyl (C=O) groups excluding carboxylic acids is 2. The van der Waals surface area contributed by atoms with Crippen molar-refractivity contribution in [1.82, 2.24) is 14.8 Å². The van der Waals surface area contributed by atoms with E-state index in [1.165, 1.54) is 18.7 Å². The van der Waals surface area contributed by atoms with E-state index < -0.39 is 0 Å². The van der Waals surface area contributed by atoms with Crippen molar-refractivity contribution in [3.8, 4) is 0 Å². The summed E-state index contributed by atoms with van der Waals surface area (Å²) in [6.45, 7) is 5.16. The summed E-state index contributed by atoms with van der Waals surface area (Å²) in [7, 11) is 1.86. The monoisotopic (exact) mass is 318 g/mol. The zero-order valence-electron chi connectivity index (χ0n) is 13.0. The second kappa shape index (κ2) is 6.74. The average Bonchev–Trinajstić information content (AvgIpc) is 2.79. The van der Waals surface area contributed by atoms with E-state index in [0.29, 0.717) is 16.4 Å². The maximum Gasteiger partial charge on any atom is 0.237 e. The highest BCUT2D eigenvalue weighted by Crippen LogP contribution is 2.22. The molecular weight excluding hydrogens is 300 g/mol. The van der Waals surface area contributed by atoms with E-state index in [1.807, 2.05) is 18.5 Å². The predicted octanol–water partition coefficient (Wildman–Crippen LogP) is 2.45. The van der Waals surface area contributed by atoms with Crippen LogP contribution >= 0.6 is 11.8 Å².